The standard InChI is InChI=1S/C15H25NO2S/c1-4-6-12(16)15-13(17)8-11(9-14(15)18)7-10(3)19-5-2/h10-11,16-17H,4-9H2,1-3H3/t10-,11?/m0/s1. The molecule has 0 amide bonds. The molecule has 4 heteroatoms. The number of hydrogen-bond donors (Lipinski definition) is 2. The predicted octanol–water partition coefficient (Wildman–Crippen LogP) is 4.13. The van der Waals surface area contributed by atoms with Crippen LogP contribution in [0.2, 0.25) is 0 Å². The first-order valence-corrected chi connectivity index (χ1v) is 8.19. The van der Waals surface area contributed by atoms with E-state index in [-0.39, 0.29) is 17.5 Å². The Morgan fingerprint density at radius 1 is 1.47 bits per heavy atom. The van der Waals surface area contributed by atoms with Crippen LogP contribution in [0.5, 0.6) is 0 Å². The maximum absolute atomic E-state index is 12.1. The number of Topliss-reactive ketones (excluding diaryl/α,β-unsaturated/α-hetero) is 1. The van der Waals surface area contributed by atoms with Crippen molar-refractivity contribution in [2.24, 2.45) is 5.92 Å². The second-order valence-electron chi connectivity index (χ2n) is 5.25. The van der Waals surface area contributed by atoms with Crippen molar-refractivity contribution in [1.29, 1.82) is 5.41 Å². The molecule has 0 bridgehead atoms. The van der Waals surface area contributed by atoms with Gasteiger partial charge in [0.15, 0.2) is 5.78 Å². The average molecular weight is 283 g/mol. The minimum atomic E-state index is -0.0408. The van der Waals surface area contributed by atoms with Gasteiger partial charge in [0, 0.05) is 23.8 Å². The van der Waals surface area contributed by atoms with Gasteiger partial charge in [-0.05, 0) is 24.5 Å². The molecular formula is C15H25NO2S. The van der Waals surface area contributed by atoms with Gasteiger partial charge in [-0.2, -0.15) is 11.8 Å². The highest BCUT2D eigenvalue weighted by Crippen LogP contribution is 2.32. The van der Waals surface area contributed by atoms with Crippen molar-refractivity contribution in [3.8, 4) is 0 Å². The van der Waals surface area contributed by atoms with Crippen LogP contribution in [0.1, 0.15) is 52.9 Å². The van der Waals surface area contributed by atoms with Gasteiger partial charge in [-0.3, -0.25) is 4.79 Å². The fraction of sp³-hybridized carbons (Fsp3) is 0.733. The fourth-order valence-corrected chi connectivity index (χ4v) is 3.66. The van der Waals surface area contributed by atoms with Crippen LogP contribution in [0.4, 0.5) is 0 Å². The zero-order valence-electron chi connectivity index (χ0n) is 12.2. The van der Waals surface area contributed by atoms with E-state index in [2.05, 4.69) is 13.8 Å². The molecule has 3 nitrogen and oxygen atoms in total. The molecule has 0 radical (unpaired) electrons. The van der Waals surface area contributed by atoms with Gasteiger partial charge >= 0.3 is 0 Å². The fourth-order valence-electron chi connectivity index (χ4n) is 2.68. The summed E-state index contributed by atoms with van der Waals surface area (Å²) in [7, 11) is 0. The normalized spacial score (nSPS) is 21.6. The summed E-state index contributed by atoms with van der Waals surface area (Å²) in [5, 5.41) is 18.5. The molecule has 0 spiro atoms. The van der Waals surface area contributed by atoms with Crippen molar-refractivity contribution in [1.82, 2.24) is 0 Å². The van der Waals surface area contributed by atoms with Crippen molar-refractivity contribution in [2.75, 3.05) is 5.75 Å². The molecule has 0 aromatic rings. The van der Waals surface area contributed by atoms with Gasteiger partial charge in [-0.25, -0.2) is 0 Å². The predicted molar refractivity (Wildman–Crippen MR) is 82.2 cm³/mol. The monoisotopic (exact) mass is 283 g/mol. The Labute approximate surface area is 120 Å². The van der Waals surface area contributed by atoms with E-state index in [0.717, 1.165) is 18.6 Å². The molecule has 0 saturated heterocycles. The SMILES string of the molecule is CCCC(=N)C1=C(O)CC(C[C@H](C)SCC)CC1=O. The lowest BCUT2D eigenvalue weighted by Gasteiger charge is -2.25. The molecule has 1 aliphatic carbocycles. The summed E-state index contributed by atoms with van der Waals surface area (Å²) < 4.78 is 0. The zero-order valence-corrected chi connectivity index (χ0v) is 13.0. The molecular weight excluding hydrogens is 258 g/mol. The quantitative estimate of drug-likeness (QED) is 0.691. The van der Waals surface area contributed by atoms with Gasteiger partial charge in [0.05, 0.1) is 5.57 Å². The summed E-state index contributed by atoms with van der Waals surface area (Å²) >= 11 is 1.89. The molecule has 19 heavy (non-hydrogen) atoms. The van der Waals surface area contributed by atoms with Crippen molar-refractivity contribution in [3.05, 3.63) is 11.3 Å². The van der Waals surface area contributed by atoms with Crippen molar-refractivity contribution in [2.45, 2.75) is 58.1 Å². The smallest absolute Gasteiger partial charge is 0.168 e. The first kappa shape index (κ1) is 16.3. The number of allylic oxidation sites excluding steroid dienone is 2. The van der Waals surface area contributed by atoms with E-state index >= 15 is 0 Å². The summed E-state index contributed by atoms with van der Waals surface area (Å²) in [6.45, 7) is 6.29. The molecule has 1 unspecified atom stereocenters. The van der Waals surface area contributed by atoms with Crippen LogP contribution in [0.15, 0.2) is 11.3 Å². The third-order valence-electron chi connectivity index (χ3n) is 3.44. The van der Waals surface area contributed by atoms with E-state index in [9.17, 15) is 9.90 Å². The van der Waals surface area contributed by atoms with Crippen molar-refractivity contribution < 1.29 is 9.90 Å². The number of aliphatic hydroxyl groups excluding tert-OH is 1. The minimum Gasteiger partial charge on any atom is -0.511 e. The van der Waals surface area contributed by atoms with Crippen LogP contribution < -0.4 is 0 Å². The second kappa shape index (κ2) is 7.73. The molecule has 1 rings (SSSR count). The van der Waals surface area contributed by atoms with Gasteiger partial charge in [0.2, 0.25) is 0 Å². The van der Waals surface area contributed by atoms with Crippen LogP contribution in [0.25, 0.3) is 0 Å². The van der Waals surface area contributed by atoms with Crippen LogP contribution >= 0.6 is 11.8 Å². The molecule has 0 saturated carbocycles. The number of carbonyl (C=O) groups is 1. The van der Waals surface area contributed by atoms with Gasteiger partial charge < -0.3 is 10.5 Å². The average Bonchev–Trinajstić information content (AvgIpc) is 2.28. The molecule has 108 valence electrons. The Balaban J connectivity index is 2.69. The Morgan fingerprint density at radius 3 is 2.68 bits per heavy atom. The summed E-state index contributed by atoms with van der Waals surface area (Å²) in [4.78, 5) is 12.1. The van der Waals surface area contributed by atoms with Crippen molar-refractivity contribution in [3.63, 3.8) is 0 Å². The Morgan fingerprint density at radius 2 is 2.16 bits per heavy atom. The lowest BCUT2D eigenvalue weighted by atomic mass is 9.82. The van der Waals surface area contributed by atoms with E-state index in [0.29, 0.717) is 35.8 Å². The summed E-state index contributed by atoms with van der Waals surface area (Å²) in [6.07, 6.45) is 3.40. The van der Waals surface area contributed by atoms with Crippen LogP contribution in [-0.2, 0) is 4.79 Å². The Hall–Kier alpha value is -0.770. The van der Waals surface area contributed by atoms with Crippen LogP contribution in [-0.4, -0.2) is 27.6 Å². The van der Waals surface area contributed by atoms with Gasteiger partial charge in [0.25, 0.3) is 0 Å². The third-order valence-corrected chi connectivity index (χ3v) is 4.54. The highest BCUT2D eigenvalue weighted by Gasteiger charge is 2.30. The van der Waals surface area contributed by atoms with E-state index < -0.39 is 0 Å². The first-order valence-electron chi connectivity index (χ1n) is 7.14. The molecule has 1 aliphatic rings. The summed E-state index contributed by atoms with van der Waals surface area (Å²) in [5.74, 6) is 1.42. The summed E-state index contributed by atoms with van der Waals surface area (Å²) in [6, 6.07) is 0. The third kappa shape index (κ3) is 4.68. The van der Waals surface area contributed by atoms with E-state index in [4.69, 9.17) is 5.41 Å². The lowest BCUT2D eigenvalue weighted by molar-refractivity contribution is -0.116. The number of thioether (sulfide) groups is 1. The minimum absolute atomic E-state index is 0.0408. The molecule has 0 aromatic heterocycles. The molecule has 0 fully saturated rings. The van der Waals surface area contributed by atoms with E-state index in [1.54, 1.807) is 0 Å². The molecule has 2 atom stereocenters. The number of aliphatic hydroxyl groups is 1. The summed E-state index contributed by atoms with van der Waals surface area (Å²) in [5.41, 5.74) is 0.605. The van der Waals surface area contributed by atoms with E-state index in [1.807, 2.05) is 18.7 Å². The number of ketones is 1. The largest absolute Gasteiger partial charge is 0.511 e. The Kier molecular flexibility index (Phi) is 6.63. The zero-order chi connectivity index (χ0) is 14.4. The highest BCUT2D eigenvalue weighted by atomic mass is 32.2. The number of carbonyl (C=O) groups excluding carboxylic acids is 1. The number of rotatable bonds is 7. The lowest BCUT2D eigenvalue weighted by Crippen LogP contribution is -2.25. The molecule has 2 N–H and O–H groups in total. The highest BCUT2D eigenvalue weighted by molar-refractivity contribution is 7.99. The van der Waals surface area contributed by atoms with Gasteiger partial charge in [0.1, 0.15) is 5.76 Å². The second-order valence-corrected chi connectivity index (χ2v) is 6.96. The maximum Gasteiger partial charge on any atom is 0.168 e. The Bertz CT molecular complexity index is 376. The van der Waals surface area contributed by atoms with Crippen molar-refractivity contribution >= 4 is 23.3 Å². The topological polar surface area (TPSA) is 61.1 Å². The number of hydrogen-bond acceptors (Lipinski definition) is 4. The van der Waals surface area contributed by atoms with Crippen LogP contribution in [0.3, 0.4) is 0 Å². The molecule has 0 aliphatic heterocycles. The molecule has 0 aromatic carbocycles. The molecule has 0 heterocycles. The number of nitrogens with one attached hydrogen (secondary N) is 1. The van der Waals surface area contributed by atoms with E-state index in [1.165, 1.54) is 0 Å². The van der Waals surface area contributed by atoms with Gasteiger partial charge in [-0.1, -0.05) is 27.2 Å². The van der Waals surface area contributed by atoms with Gasteiger partial charge in [-0.15, -0.1) is 0 Å². The maximum atomic E-state index is 12.1. The van der Waals surface area contributed by atoms with Crippen LogP contribution in [0, 0.1) is 11.3 Å². The first-order chi connectivity index (χ1) is 8.99.